The number of benzene rings is 2. The highest BCUT2D eigenvalue weighted by Crippen LogP contribution is 2.35. The van der Waals surface area contributed by atoms with Crippen molar-refractivity contribution in [3.63, 3.8) is 0 Å². The van der Waals surface area contributed by atoms with Crippen LogP contribution in [0.5, 0.6) is 5.75 Å². The smallest absolute Gasteiger partial charge is 0.262 e. The van der Waals surface area contributed by atoms with Crippen molar-refractivity contribution in [2.75, 3.05) is 11.9 Å². The number of carbonyl (C=O) groups is 1. The number of rotatable bonds is 2. The highest BCUT2D eigenvalue weighted by molar-refractivity contribution is 14.1. The molecule has 2 aromatic carbocycles. The molecule has 20 heavy (non-hydrogen) atoms. The summed E-state index contributed by atoms with van der Waals surface area (Å²) in [5, 5.41) is 2.54. The fourth-order valence-corrected chi connectivity index (χ4v) is 2.95. The maximum absolute atomic E-state index is 11.4. The molecule has 3 rings (SSSR count). The van der Waals surface area contributed by atoms with Gasteiger partial charge in [0.1, 0.15) is 5.75 Å². The maximum atomic E-state index is 11.4. The van der Waals surface area contributed by atoms with Crippen LogP contribution >= 0.6 is 34.2 Å². The minimum absolute atomic E-state index is 0.0630. The van der Waals surface area contributed by atoms with Crippen LogP contribution in [0, 0.1) is 3.57 Å². The molecule has 0 saturated heterocycles. The summed E-state index contributed by atoms with van der Waals surface area (Å²) in [4.78, 5) is 11.4. The molecule has 1 unspecified atom stereocenters. The van der Waals surface area contributed by atoms with Gasteiger partial charge in [-0.25, -0.2) is 0 Å². The quantitative estimate of drug-likeness (QED) is 0.613. The summed E-state index contributed by atoms with van der Waals surface area (Å²) in [5.41, 5.74) is 2.63. The SMILES string of the molecule is O=C1COc2ccc(C(Cl)c3cccc(I)c3)cc2N1. The Bertz CT molecular complexity index is 675. The Hall–Kier alpha value is -1.27. The Morgan fingerprint density at radius 1 is 1.20 bits per heavy atom. The van der Waals surface area contributed by atoms with Crippen LogP contribution in [-0.2, 0) is 4.79 Å². The molecule has 0 saturated carbocycles. The van der Waals surface area contributed by atoms with E-state index in [4.69, 9.17) is 16.3 Å². The molecule has 1 heterocycles. The number of hydrogen-bond acceptors (Lipinski definition) is 2. The van der Waals surface area contributed by atoms with Gasteiger partial charge in [-0.3, -0.25) is 4.79 Å². The Morgan fingerprint density at radius 2 is 2.00 bits per heavy atom. The predicted octanol–water partition coefficient (Wildman–Crippen LogP) is 3.95. The van der Waals surface area contributed by atoms with Crippen molar-refractivity contribution in [2.24, 2.45) is 0 Å². The van der Waals surface area contributed by atoms with Gasteiger partial charge in [-0.05, 0) is 58.0 Å². The molecular formula is C15H11ClINO2. The first-order valence-electron chi connectivity index (χ1n) is 6.09. The Labute approximate surface area is 135 Å². The molecule has 0 aliphatic carbocycles. The van der Waals surface area contributed by atoms with Crippen LogP contribution in [0.25, 0.3) is 0 Å². The van der Waals surface area contributed by atoms with Gasteiger partial charge in [0, 0.05) is 3.57 Å². The van der Waals surface area contributed by atoms with Gasteiger partial charge in [-0.15, -0.1) is 11.6 Å². The van der Waals surface area contributed by atoms with Gasteiger partial charge in [0.05, 0.1) is 11.1 Å². The number of carbonyl (C=O) groups excluding carboxylic acids is 1. The molecule has 0 fully saturated rings. The molecule has 1 N–H and O–H groups in total. The molecular weight excluding hydrogens is 389 g/mol. The standard InChI is InChI=1S/C15H11ClINO2/c16-15(9-2-1-3-11(17)6-9)10-4-5-13-12(7-10)18-14(19)8-20-13/h1-7,15H,8H2,(H,18,19). The summed E-state index contributed by atoms with van der Waals surface area (Å²) >= 11 is 8.79. The predicted molar refractivity (Wildman–Crippen MR) is 87.4 cm³/mol. The second kappa shape index (κ2) is 5.61. The lowest BCUT2D eigenvalue weighted by Crippen LogP contribution is -2.25. The average Bonchev–Trinajstić information content (AvgIpc) is 2.45. The number of fused-ring (bicyclic) bond motifs is 1. The zero-order valence-electron chi connectivity index (χ0n) is 10.4. The fraction of sp³-hybridized carbons (Fsp3) is 0.133. The Balaban J connectivity index is 1.94. The summed E-state index contributed by atoms with van der Waals surface area (Å²) in [6, 6.07) is 13.7. The lowest BCUT2D eigenvalue weighted by molar-refractivity contribution is -0.118. The van der Waals surface area contributed by atoms with E-state index in [-0.39, 0.29) is 17.9 Å². The molecule has 0 spiro atoms. The lowest BCUT2D eigenvalue weighted by atomic mass is 10.0. The lowest BCUT2D eigenvalue weighted by Gasteiger charge is -2.20. The van der Waals surface area contributed by atoms with Gasteiger partial charge in [-0.1, -0.05) is 18.2 Å². The molecule has 1 atom stereocenters. The first kappa shape index (κ1) is 13.7. The van der Waals surface area contributed by atoms with E-state index in [0.29, 0.717) is 11.4 Å². The van der Waals surface area contributed by atoms with Gasteiger partial charge in [0.15, 0.2) is 6.61 Å². The van der Waals surface area contributed by atoms with Crippen LogP contribution in [0.2, 0.25) is 0 Å². The molecule has 5 heteroatoms. The minimum atomic E-state index is -0.256. The van der Waals surface area contributed by atoms with E-state index in [1.54, 1.807) is 0 Å². The van der Waals surface area contributed by atoms with Crippen LogP contribution in [-0.4, -0.2) is 12.5 Å². The third-order valence-electron chi connectivity index (χ3n) is 3.07. The minimum Gasteiger partial charge on any atom is -0.482 e. The van der Waals surface area contributed by atoms with Crippen molar-refractivity contribution in [2.45, 2.75) is 5.38 Å². The number of hydrogen-bond donors (Lipinski definition) is 1. The zero-order valence-corrected chi connectivity index (χ0v) is 13.3. The van der Waals surface area contributed by atoms with E-state index >= 15 is 0 Å². The van der Waals surface area contributed by atoms with Crippen molar-refractivity contribution >= 4 is 45.8 Å². The van der Waals surface area contributed by atoms with Crippen molar-refractivity contribution in [1.82, 2.24) is 0 Å². The van der Waals surface area contributed by atoms with E-state index in [2.05, 4.69) is 27.9 Å². The van der Waals surface area contributed by atoms with Crippen LogP contribution in [0.15, 0.2) is 42.5 Å². The van der Waals surface area contributed by atoms with E-state index in [0.717, 1.165) is 14.7 Å². The van der Waals surface area contributed by atoms with Gasteiger partial charge >= 0.3 is 0 Å². The van der Waals surface area contributed by atoms with Gasteiger partial charge in [-0.2, -0.15) is 0 Å². The highest BCUT2D eigenvalue weighted by Gasteiger charge is 2.18. The van der Waals surface area contributed by atoms with E-state index in [1.807, 2.05) is 42.5 Å². The van der Waals surface area contributed by atoms with Crippen molar-refractivity contribution in [3.05, 3.63) is 57.2 Å². The van der Waals surface area contributed by atoms with Crippen molar-refractivity contribution in [3.8, 4) is 5.75 Å². The number of ether oxygens (including phenoxy) is 1. The topological polar surface area (TPSA) is 38.3 Å². The second-order valence-corrected chi connectivity index (χ2v) is 6.19. The number of alkyl halides is 1. The summed E-state index contributed by atoms with van der Waals surface area (Å²) in [6.45, 7) is 0.0630. The van der Waals surface area contributed by atoms with Crippen LogP contribution in [0.3, 0.4) is 0 Å². The summed E-state index contributed by atoms with van der Waals surface area (Å²) in [7, 11) is 0. The molecule has 1 amide bonds. The third kappa shape index (κ3) is 2.76. The monoisotopic (exact) mass is 399 g/mol. The molecule has 0 radical (unpaired) electrons. The molecule has 0 aromatic heterocycles. The number of amides is 1. The third-order valence-corrected chi connectivity index (χ3v) is 4.25. The number of nitrogens with one attached hydrogen (secondary N) is 1. The molecule has 3 nitrogen and oxygen atoms in total. The number of halogens is 2. The summed E-state index contributed by atoms with van der Waals surface area (Å²) in [6.07, 6.45) is 0. The normalized spacial score (nSPS) is 15.0. The first-order chi connectivity index (χ1) is 9.63. The van der Waals surface area contributed by atoms with Gasteiger partial charge < -0.3 is 10.1 Å². The van der Waals surface area contributed by atoms with E-state index < -0.39 is 0 Å². The van der Waals surface area contributed by atoms with E-state index in [9.17, 15) is 4.79 Å². The Kier molecular flexibility index (Phi) is 3.85. The second-order valence-electron chi connectivity index (χ2n) is 4.51. The Morgan fingerprint density at radius 3 is 2.80 bits per heavy atom. The average molecular weight is 400 g/mol. The fourth-order valence-electron chi connectivity index (χ4n) is 2.12. The maximum Gasteiger partial charge on any atom is 0.262 e. The highest BCUT2D eigenvalue weighted by atomic mass is 127. The summed E-state index contributed by atoms with van der Waals surface area (Å²) in [5.74, 6) is 0.537. The largest absolute Gasteiger partial charge is 0.482 e. The molecule has 2 aromatic rings. The molecule has 1 aliphatic rings. The van der Waals surface area contributed by atoms with Crippen molar-refractivity contribution < 1.29 is 9.53 Å². The number of anilines is 1. The van der Waals surface area contributed by atoms with Gasteiger partial charge in [0.2, 0.25) is 0 Å². The van der Waals surface area contributed by atoms with Gasteiger partial charge in [0.25, 0.3) is 5.91 Å². The summed E-state index contributed by atoms with van der Waals surface area (Å²) < 4.78 is 6.48. The molecule has 1 aliphatic heterocycles. The molecule has 0 bridgehead atoms. The van der Waals surface area contributed by atoms with Crippen LogP contribution < -0.4 is 10.1 Å². The first-order valence-corrected chi connectivity index (χ1v) is 7.61. The van der Waals surface area contributed by atoms with Crippen LogP contribution in [0.4, 0.5) is 5.69 Å². The molecule has 102 valence electrons. The zero-order chi connectivity index (χ0) is 14.1. The van der Waals surface area contributed by atoms with Crippen molar-refractivity contribution in [1.29, 1.82) is 0 Å². The van der Waals surface area contributed by atoms with Crippen LogP contribution in [0.1, 0.15) is 16.5 Å². The van der Waals surface area contributed by atoms with E-state index in [1.165, 1.54) is 0 Å².